The van der Waals surface area contributed by atoms with E-state index in [1.165, 1.54) is 37.7 Å². The number of benzene rings is 1. The van der Waals surface area contributed by atoms with Gasteiger partial charge in [0.1, 0.15) is 11.4 Å². The largest absolute Gasteiger partial charge is 0.487 e. The molecule has 1 spiro atoms. The van der Waals surface area contributed by atoms with E-state index in [1.807, 2.05) is 18.2 Å². The van der Waals surface area contributed by atoms with Crippen LogP contribution in [0.1, 0.15) is 37.7 Å². The molecule has 0 aromatic heterocycles. The van der Waals surface area contributed by atoms with Gasteiger partial charge in [-0.25, -0.2) is 0 Å². The first kappa shape index (κ1) is 9.53. The SMILES string of the molecule is Clc1cccc2c1CC1(CCCCC1)O2. The number of rotatable bonds is 0. The second-order valence-corrected chi connectivity index (χ2v) is 5.15. The molecule has 0 radical (unpaired) electrons. The van der Waals surface area contributed by atoms with Crippen molar-refractivity contribution in [2.75, 3.05) is 0 Å². The van der Waals surface area contributed by atoms with Crippen LogP contribution in [0.2, 0.25) is 5.02 Å². The molecule has 80 valence electrons. The summed E-state index contributed by atoms with van der Waals surface area (Å²) in [5, 5.41) is 0.870. The number of hydrogen-bond acceptors (Lipinski definition) is 1. The van der Waals surface area contributed by atoms with Crippen molar-refractivity contribution in [1.29, 1.82) is 0 Å². The normalized spacial score (nSPS) is 22.5. The zero-order valence-corrected chi connectivity index (χ0v) is 9.52. The Bertz CT molecular complexity index is 380. The Morgan fingerprint density at radius 3 is 2.67 bits per heavy atom. The second-order valence-electron chi connectivity index (χ2n) is 4.74. The fraction of sp³-hybridized carbons (Fsp3) is 0.538. The van der Waals surface area contributed by atoms with Crippen LogP contribution in [0.15, 0.2) is 18.2 Å². The van der Waals surface area contributed by atoms with Crippen molar-refractivity contribution in [2.45, 2.75) is 44.1 Å². The minimum absolute atomic E-state index is 0.0889. The van der Waals surface area contributed by atoms with Gasteiger partial charge in [0.25, 0.3) is 0 Å². The zero-order valence-electron chi connectivity index (χ0n) is 8.76. The smallest absolute Gasteiger partial charge is 0.124 e. The first-order valence-electron chi connectivity index (χ1n) is 5.76. The molecule has 0 N–H and O–H groups in total. The van der Waals surface area contributed by atoms with Crippen molar-refractivity contribution in [3.05, 3.63) is 28.8 Å². The average Bonchev–Trinajstić information content (AvgIpc) is 2.59. The van der Waals surface area contributed by atoms with Crippen LogP contribution in [0.25, 0.3) is 0 Å². The van der Waals surface area contributed by atoms with Gasteiger partial charge in [-0.15, -0.1) is 0 Å². The average molecular weight is 223 g/mol. The van der Waals surface area contributed by atoms with E-state index in [9.17, 15) is 0 Å². The lowest BCUT2D eigenvalue weighted by Gasteiger charge is -2.32. The fourth-order valence-electron chi connectivity index (χ4n) is 2.87. The number of ether oxygens (including phenoxy) is 1. The Morgan fingerprint density at radius 2 is 1.93 bits per heavy atom. The lowest BCUT2D eigenvalue weighted by Crippen LogP contribution is -2.36. The Hall–Kier alpha value is -0.690. The maximum atomic E-state index is 6.19. The minimum atomic E-state index is 0.0889. The first-order chi connectivity index (χ1) is 7.29. The standard InChI is InChI=1S/C13H15ClO/c14-11-5-4-6-12-10(11)9-13(15-12)7-2-1-3-8-13/h4-6H,1-3,7-9H2. The van der Waals surface area contributed by atoms with Gasteiger partial charge < -0.3 is 4.74 Å². The van der Waals surface area contributed by atoms with Gasteiger partial charge in [-0.3, -0.25) is 0 Å². The molecule has 1 aliphatic carbocycles. The molecule has 1 nitrogen and oxygen atoms in total. The summed E-state index contributed by atoms with van der Waals surface area (Å²) < 4.78 is 6.13. The molecular formula is C13H15ClO. The van der Waals surface area contributed by atoms with Crippen molar-refractivity contribution in [3.8, 4) is 5.75 Å². The maximum absolute atomic E-state index is 6.19. The Balaban J connectivity index is 1.94. The van der Waals surface area contributed by atoms with E-state index in [2.05, 4.69) is 0 Å². The molecule has 15 heavy (non-hydrogen) atoms. The molecule has 2 heteroatoms. The van der Waals surface area contributed by atoms with Gasteiger partial charge in [-0.05, 0) is 37.8 Å². The summed E-state index contributed by atoms with van der Waals surface area (Å²) in [5.41, 5.74) is 1.31. The predicted octanol–water partition coefficient (Wildman–Crippen LogP) is 3.98. The third kappa shape index (κ3) is 1.53. The van der Waals surface area contributed by atoms with Gasteiger partial charge in [0.2, 0.25) is 0 Å². The molecule has 1 heterocycles. The van der Waals surface area contributed by atoms with Gasteiger partial charge >= 0.3 is 0 Å². The first-order valence-corrected chi connectivity index (χ1v) is 6.13. The van der Waals surface area contributed by atoms with E-state index >= 15 is 0 Å². The molecule has 0 bridgehead atoms. The van der Waals surface area contributed by atoms with Crippen LogP contribution in [-0.2, 0) is 6.42 Å². The van der Waals surface area contributed by atoms with Gasteiger partial charge in [0.05, 0.1) is 0 Å². The predicted molar refractivity (Wildman–Crippen MR) is 61.6 cm³/mol. The molecule has 0 unspecified atom stereocenters. The van der Waals surface area contributed by atoms with E-state index in [0.29, 0.717) is 0 Å². The highest BCUT2D eigenvalue weighted by molar-refractivity contribution is 6.31. The maximum Gasteiger partial charge on any atom is 0.124 e. The molecule has 3 rings (SSSR count). The van der Waals surface area contributed by atoms with Crippen molar-refractivity contribution in [3.63, 3.8) is 0 Å². The number of halogens is 1. The molecule has 0 atom stereocenters. The minimum Gasteiger partial charge on any atom is -0.487 e. The van der Waals surface area contributed by atoms with Crippen molar-refractivity contribution in [2.24, 2.45) is 0 Å². The van der Waals surface area contributed by atoms with E-state index in [4.69, 9.17) is 16.3 Å². The van der Waals surface area contributed by atoms with Crippen LogP contribution < -0.4 is 4.74 Å². The van der Waals surface area contributed by atoms with Gasteiger partial charge in [-0.1, -0.05) is 24.1 Å². The fourth-order valence-corrected chi connectivity index (χ4v) is 3.11. The summed E-state index contributed by atoms with van der Waals surface area (Å²) in [5.74, 6) is 1.02. The highest BCUT2D eigenvalue weighted by Gasteiger charge is 2.40. The summed E-state index contributed by atoms with van der Waals surface area (Å²) in [6.45, 7) is 0. The van der Waals surface area contributed by atoms with Crippen LogP contribution in [0.3, 0.4) is 0 Å². The molecule has 0 saturated heterocycles. The van der Waals surface area contributed by atoms with E-state index in [0.717, 1.165) is 17.2 Å². The van der Waals surface area contributed by atoms with E-state index in [-0.39, 0.29) is 5.60 Å². The Morgan fingerprint density at radius 1 is 1.13 bits per heavy atom. The Labute approximate surface area is 95.4 Å². The molecule has 1 aromatic carbocycles. The zero-order chi connectivity index (χ0) is 10.3. The summed E-state index contributed by atoms with van der Waals surface area (Å²) in [4.78, 5) is 0. The second kappa shape index (κ2) is 3.41. The third-order valence-corrected chi connectivity index (χ3v) is 4.02. The topological polar surface area (TPSA) is 9.23 Å². The third-order valence-electron chi connectivity index (χ3n) is 3.67. The molecule has 1 fully saturated rings. The molecule has 1 aromatic rings. The molecular weight excluding hydrogens is 208 g/mol. The molecule has 1 aliphatic heterocycles. The molecule has 1 saturated carbocycles. The number of hydrogen-bond donors (Lipinski definition) is 0. The summed E-state index contributed by atoms with van der Waals surface area (Å²) >= 11 is 6.19. The van der Waals surface area contributed by atoms with Gasteiger partial charge in [0.15, 0.2) is 0 Å². The van der Waals surface area contributed by atoms with Gasteiger partial charge in [-0.2, -0.15) is 0 Å². The summed E-state index contributed by atoms with van der Waals surface area (Å²) in [6, 6.07) is 5.99. The van der Waals surface area contributed by atoms with Crippen molar-refractivity contribution in [1.82, 2.24) is 0 Å². The van der Waals surface area contributed by atoms with Crippen LogP contribution in [0, 0.1) is 0 Å². The summed E-state index contributed by atoms with van der Waals surface area (Å²) in [7, 11) is 0. The van der Waals surface area contributed by atoms with E-state index in [1.54, 1.807) is 0 Å². The van der Waals surface area contributed by atoms with Crippen molar-refractivity contribution < 1.29 is 4.74 Å². The molecule has 0 amide bonds. The lowest BCUT2D eigenvalue weighted by molar-refractivity contribution is 0.0529. The van der Waals surface area contributed by atoms with Crippen molar-refractivity contribution >= 4 is 11.6 Å². The van der Waals surface area contributed by atoms with E-state index < -0.39 is 0 Å². The van der Waals surface area contributed by atoms with Crippen LogP contribution in [0.5, 0.6) is 5.75 Å². The van der Waals surface area contributed by atoms with Crippen LogP contribution in [0.4, 0.5) is 0 Å². The highest BCUT2D eigenvalue weighted by atomic mass is 35.5. The van der Waals surface area contributed by atoms with Gasteiger partial charge in [0, 0.05) is 17.0 Å². The van der Waals surface area contributed by atoms with Crippen LogP contribution in [-0.4, -0.2) is 5.60 Å². The Kier molecular flexibility index (Phi) is 2.17. The lowest BCUT2D eigenvalue weighted by atomic mass is 9.82. The monoisotopic (exact) mass is 222 g/mol. The molecule has 2 aliphatic rings. The summed E-state index contributed by atoms with van der Waals surface area (Å²) in [6.07, 6.45) is 7.35. The quantitative estimate of drug-likeness (QED) is 0.645. The highest BCUT2D eigenvalue weighted by Crippen LogP contribution is 2.45. The number of fused-ring (bicyclic) bond motifs is 1. The van der Waals surface area contributed by atoms with Crippen LogP contribution >= 0.6 is 11.6 Å².